The number of unbranched alkanes of at least 4 members (excludes halogenated alkanes) is 3. The van der Waals surface area contributed by atoms with Crippen LogP contribution in [0, 0.1) is 0 Å². The summed E-state index contributed by atoms with van der Waals surface area (Å²) in [6.07, 6.45) is 5.29. The molecule has 19 heavy (non-hydrogen) atoms. The summed E-state index contributed by atoms with van der Waals surface area (Å²) in [6, 6.07) is 5.32. The van der Waals surface area contributed by atoms with Crippen LogP contribution in [0.3, 0.4) is 0 Å². The van der Waals surface area contributed by atoms with Crippen molar-refractivity contribution in [3.8, 4) is 0 Å². The lowest BCUT2D eigenvalue weighted by Gasteiger charge is -2.15. The zero-order chi connectivity index (χ0) is 14.3. The molecule has 1 aromatic rings. The molecule has 0 aliphatic rings. The average molecular weight is 303 g/mol. The van der Waals surface area contributed by atoms with E-state index in [0.29, 0.717) is 10.0 Å². The molecule has 0 aliphatic carbocycles. The monoisotopic (exact) mass is 302 g/mol. The summed E-state index contributed by atoms with van der Waals surface area (Å²) in [4.78, 5) is 11.9. The fourth-order valence-corrected chi connectivity index (χ4v) is 2.37. The van der Waals surface area contributed by atoms with Crippen LogP contribution in [0.15, 0.2) is 18.2 Å². The lowest BCUT2D eigenvalue weighted by atomic mass is 9.93. The van der Waals surface area contributed by atoms with Crippen molar-refractivity contribution in [3.63, 3.8) is 0 Å². The van der Waals surface area contributed by atoms with Gasteiger partial charge in [0.05, 0.1) is 23.1 Å². The highest BCUT2D eigenvalue weighted by Crippen LogP contribution is 2.30. The average Bonchev–Trinajstić information content (AvgIpc) is 2.41. The number of benzene rings is 1. The normalized spacial score (nSPS) is 12.2. The number of halogens is 2. The van der Waals surface area contributed by atoms with Gasteiger partial charge in [0.1, 0.15) is 0 Å². The molecule has 0 aliphatic heterocycles. The second-order valence-electron chi connectivity index (χ2n) is 4.60. The lowest BCUT2D eigenvalue weighted by Crippen LogP contribution is -2.14. The zero-order valence-electron chi connectivity index (χ0n) is 11.4. The van der Waals surface area contributed by atoms with Gasteiger partial charge in [0, 0.05) is 0 Å². The van der Waals surface area contributed by atoms with Gasteiger partial charge in [0.2, 0.25) is 0 Å². The number of carbonyl (C=O) groups excluding carboxylic acids is 1. The smallest absolute Gasteiger partial charge is 0.313 e. The van der Waals surface area contributed by atoms with Crippen LogP contribution >= 0.6 is 23.2 Å². The molecule has 0 fully saturated rings. The minimum atomic E-state index is -0.253. The Morgan fingerprint density at radius 1 is 1.21 bits per heavy atom. The highest BCUT2D eigenvalue weighted by Gasteiger charge is 2.21. The Labute approximate surface area is 125 Å². The maximum Gasteiger partial charge on any atom is 0.313 e. The summed E-state index contributed by atoms with van der Waals surface area (Å²) in [6.45, 7) is 2.16. The molecule has 1 unspecified atom stereocenters. The molecular weight excluding hydrogens is 283 g/mol. The Morgan fingerprint density at radius 3 is 2.53 bits per heavy atom. The van der Waals surface area contributed by atoms with Gasteiger partial charge in [-0.1, -0.05) is 61.9 Å². The maximum atomic E-state index is 11.9. The molecule has 1 atom stereocenters. The van der Waals surface area contributed by atoms with E-state index in [9.17, 15) is 4.79 Å². The van der Waals surface area contributed by atoms with Gasteiger partial charge in [0.15, 0.2) is 0 Å². The van der Waals surface area contributed by atoms with Gasteiger partial charge in [-0.15, -0.1) is 0 Å². The number of methoxy groups -OCH3 is 1. The first-order valence-corrected chi connectivity index (χ1v) is 7.38. The fraction of sp³-hybridized carbons (Fsp3) is 0.533. The van der Waals surface area contributed by atoms with Crippen LogP contribution in [-0.2, 0) is 9.53 Å². The molecule has 0 bridgehead atoms. The van der Waals surface area contributed by atoms with E-state index < -0.39 is 0 Å². The Morgan fingerprint density at radius 2 is 1.95 bits per heavy atom. The van der Waals surface area contributed by atoms with Crippen molar-refractivity contribution < 1.29 is 9.53 Å². The van der Waals surface area contributed by atoms with Gasteiger partial charge >= 0.3 is 5.97 Å². The van der Waals surface area contributed by atoms with Crippen LogP contribution in [0.25, 0.3) is 0 Å². The third-order valence-electron chi connectivity index (χ3n) is 3.18. The molecule has 0 aromatic heterocycles. The van der Waals surface area contributed by atoms with E-state index in [2.05, 4.69) is 6.92 Å². The predicted octanol–water partition coefficient (Wildman–Crippen LogP) is 5.22. The SMILES string of the molecule is CCCCCCC(C(=O)OC)c1ccc(Cl)c(Cl)c1. The first-order chi connectivity index (χ1) is 9.10. The molecule has 1 rings (SSSR count). The lowest BCUT2D eigenvalue weighted by molar-refractivity contribution is -0.142. The van der Waals surface area contributed by atoms with Crippen molar-refractivity contribution in [1.29, 1.82) is 0 Å². The first kappa shape index (κ1) is 16.3. The van der Waals surface area contributed by atoms with Crippen molar-refractivity contribution >= 4 is 29.2 Å². The van der Waals surface area contributed by atoms with Crippen molar-refractivity contribution in [2.24, 2.45) is 0 Å². The number of rotatable bonds is 7. The summed E-state index contributed by atoms with van der Waals surface area (Å²) >= 11 is 11.9. The van der Waals surface area contributed by atoms with Crippen molar-refractivity contribution in [3.05, 3.63) is 33.8 Å². The van der Waals surface area contributed by atoms with E-state index in [1.165, 1.54) is 20.0 Å². The summed E-state index contributed by atoms with van der Waals surface area (Å²) in [5.74, 6) is -0.466. The predicted molar refractivity (Wildman–Crippen MR) is 80.0 cm³/mol. The van der Waals surface area contributed by atoms with E-state index in [1.807, 2.05) is 6.07 Å². The van der Waals surface area contributed by atoms with Gasteiger partial charge in [-0.25, -0.2) is 0 Å². The Kier molecular flexibility index (Phi) is 7.25. The molecule has 2 nitrogen and oxygen atoms in total. The number of ether oxygens (including phenoxy) is 1. The van der Waals surface area contributed by atoms with Crippen LogP contribution in [0.2, 0.25) is 10.0 Å². The maximum absolute atomic E-state index is 11.9. The summed E-state index contributed by atoms with van der Waals surface area (Å²) < 4.78 is 4.88. The van der Waals surface area contributed by atoms with Crippen LogP contribution < -0.4 is 0 Å². The summed E-state index contributed by atoms with van der Waals surface area (Å²) in [7, 11) is 1.42. The van der Waals surface area contributed by atoms with E-state index >= 15 is 0 Å². The van der Waals surface area contributed by atoms with Crippen LogP contribution in [0.4, 0.5) is 0 Å². The second kappa shape index (κ2) is 8.44. The zero-order valence-corrected chi connectivity index (χ0v) is 12.9. The molecule has 0 saturated carbocycles. The van der Waals surface area contributed by atoms with Crippen LogP contribution in [0.1, 0.15) is 50.5 Å². The Balaban J connectivity index is 2.78. The van der Waals surface area contributed by atoms with Crippen LogP contribution in [0.5, 0.6) is 0 Å². The second-order valence-corrected chi connectivity index (χ2v) is 5.41. The number of hydrogen-bond donors (Lipinski definition) is 0. The summed E-state index contributed by atoms with van der Waals surface area (Å²) in [5.41, 5.74) is 0.873. The molecule has 0 amide bonds. The summed E-state index contributed by atoms with van der Waals surface area (Å²) in [5, 5.41) is 0.974. The molecular formula is C15H20Cl2O2. The number of esters is 1. The van der Waals surface area contributed by atoms with Gasteiger partial charge in [-0.2, -0.15) is 0 Å². The third-order valence-corrected chi connectivity index (χ3v) is 3.92. The minimum Gasteiger partial charge on any atom is -0.469 e. The molecule has 1 aromatic carbocycles. The fourth-order valence-electron chi connectivity index (χ4n) is 2.07. The van der Waals surface area contributed by atoms with E-state index in [1.54, 1.807) is 12.1 Å². The molecule has 0 radical (unpaired) electrons. The third kappa shape index (κ3) is 5.04. The molecule has 4 heteroatoms. The van der Waals surface area contributed by atoms with Crippen molar-refractivity contribution in [2.75, 3.05) is 7.11 Å². The topological polar surface area (TPSA) is 26.3 Å². The Bertz CT molecular complexity index is 419. The van der Waals surface area contributed by atoms with E-state index in [0.717, 1.165) is 24.8 Å². The molecule has 106 valence electrons. The highest BCUT2D eigenvalue weighted by atomic mass is 35.5. The van der Waals surface area contributed by atoms with E-state index in [-0.39, 0.29) is 11.9 Å². The molecule has 0 heterocycles. The largest absolute Gasteiger partial charge is 0.469 e. The van der Waals surface area contributed by atoms with Crippen molar-refractivity contribution in [1.82, 2.24) is 0 Å². The van der Waals surface area contributed by atoms with Crippen LogP contribution in [-0.4, -0.2) is 13.1 Å². The standard InChI is InChI=1S/C15H20Cl2O2/c1-3-4-5-6-7-12(15(18)19-2)11-8-9-13(16)14(17)10-11/h8-10,12H,3-7H2,1-2H3. The van der Waals surface area contributed by atoms with Gasteiger partial charge in [0.25, 0.3) is 0 Å². The molecule has 0 saturated heterocycles. The quantitative estimate of drug-likeness (QED) is 0.510. The Hall–Kier alpha value is -0.730. The van der Waals surface area contributed by atoms with E-state index in [4.69, 9.17) is 27.9 Å². The minimum absolute atomic E-state index is 0.213. The first-order valence-electron chi connectivity index (χ1n) is 6.63. The van der Waals surface area contributed by atoms with Gasteiger partial charge < -0.3 is 4.74 Å². The van der Waals surface area contributed by atoms with Gasteiger partial charge in [-0.3, -0.25) is 4.79 Å². The molecule has 0 spiro atoms. The molecule has 0 N–H and O–H groups in total. The van der Waals surface area contributed by atoms with Gasteiger partial charge in [-0.05, 0) is 24.1 Å². The number of hydrogen-bond acceptors (Lipinski definition) is 2. The van der Waals surface area contributed by atoms with Crippen molar-refractivity contribution in [2.45, 2.75) is 44.9 Å². The number of carbonyl (C=O) groups is 1. The highest BCUT2D eigenvalue weighted by molar-refractivity contribution is 6.42.